The molecule has 0 aliphatic rings. The van der Waals surface area contributed by atoms with Crippen LogP contribution in [0, 0.1) is 0 Å². The smallest absolute Gasteiger partial charge is 0.164 e. The fourth-order valence-electron chi connectivity index (χ4n) is 15.9. The second-order valence-corrected chi connectivity index (χ2v) is 29.3. The quantitative estimate of drug-likeness (QED) is 0.0935. The van der Waals surface area contributed by atoms with E-state index in [1.54, 1.807) is 0 Å². The molecule has 21 aromatic rings. The molecule has 0 saturated heterocycles. The highest BCUT2D eigenvalue weighted by atomic mass is 15.0. The van der Waals surface area contributed by atoms with Crippen molar-refractivity contribution in [3.63, 3.8) is 0 Å². The highest BCUT2D eigenvalue weighted by molar-refractivity contribution is 6.18. The van der Waals surface area contributed by atoms with Crippen LogP contribution in [0.1, 0.15) is 0 Å². The zero-order chi connectivity index (χ0) is 78.5. The summed E-state index contributed by atoms with van der Waals surface area (Å²) < 4.78 is 0. The molecule has 21 rings (SSSR count). The molecule has 0 saturated carbocycles. The monoisotopic (exact) mass is 1500 g/mol. The van der Waals surface area contributed by atoms with Gasteiger partial charge in [0.2, 0.25) is 0 Å². The molecule has 0 fully saturated rings. The number of hydrogen-bond acceptors (Lipinski definition) is 8. The lowest BCUT2D eigenvalue weighted by Crippen LogP contribution is -2.00. The first kappa shape index (κ1) is 71.2. The molecule has 118 heavy (non-hydrogen) atoms. The number of benzene rings is 17. The maximum Gasteiger partial charge on any atom is 0.164 e. The van der Waals surface area contributed by atoms with Gasteiger partial charge in [-0.1, -0.05) is 419 Å². The van der Waals surface area contributed by atoms with E-state index in [4.69, 9.17) is 39.9 Å². The van der Waals surface area contributed by atoms with Crippen LogP contribution in [-0.4, -0.2) is 39.9 Å². The number of hydrogen-bond donors (Lipinski definition) is 0. The van der Waals surface area contributed by atoms with Crippen molar-refractivity contribution in [1.82, 2.24) is 39.9 Å². The molecule has 0 N–H and O–H groups in total. The first-order chi connectivity index (χ1) is 58.5. The number of fused-ring (bicyclic) bond motifs is 6. The molecular formula is C110H72N8. The third-order valence-corrected chi connectivity index (χ3v) is 21.9. The van der Waals surface area contributed by atoms with Crippen LogP contribution in [0.15, 0.2) is 437 Å². The van der Waals surface area contributed by atoms with Gasteiger partial charge in [-0.05, 0) is 96.1 Å². The average Bonchev–Trinajstić information content (AvgIpc) is 0.750. The molecule has 0 unspecified atom stereocenters. The van der Waals surface area contributed by atoms with Gasteiger partial charge in [-0.15, -0.1) is 0 Å². The third-order valence-electron chi connectivity index (χ3n) is 21.9. The normalized spacial score (nSPS) is 11.2. The lowest BCUT2D eigenvalue weighted by Gasteiger charge is -2.14. The van der Waals surface area contributed by atoms with Gasteiger partial charge in [-0.2, -0.15) is 0 Å². The van der Waals surface area contributed by atoms with E-state index in [2.05, 4.69) is 376 Å². The van der Waals surface area contributed by atoms with Crippen molar-refractivity contribution >= 4 is 43.4 Å². The Hall–Kier alpha value is -15.9. The van der Waals surface area contributed by atoms with Gasteiger partial charge < -0.3 is 0 Å². The van der Waals surface area contributed by atoms with Gasteiger partial charge in [0.05, 0.1) is 22.4 Å². The van der Waals surface area contributed by atoms with E-state index in [0.717, 1.165) is 144 Å². The maximum absolute atomic E-state index is 5.15. The number of pyridine rings is 2. The topological polar surface area (TPSA) is 103 Å². The molecule has 0 bridgehead atoms. The van der Waals surface area contributed by atoms with Crippen molar-refractivity contribution in [1.29, 1.82) is 0 Å². The number of rotatable bonds is 15. The summed E-state index contributed by atoms with van der Waals surface area (Å²) in [4.78, 5) is 40.4. The molecule has 0 atom stereocenters. The van der Waals surface area contributed by atoms with Gasteiger partial charge in [-0.3, -0.25) is 0 Å². The standard InChI is InChI=1S/C58H38N4.C52H34N4/c1-4-13-39(14-5-1)41-25-33-47(34-26-41)56-60-57(48-35-27-42(28-36-48)40-15-6-2-7-16-40)62-58(61-56)49-37-29-44(30-38-49)43-23-31-45(32-24-43)50-20-12-21-52-54(50)51-19-10-11-22-53(51)59-55(52)46-17-8-3-9-18-46;1-4-14-35(15-5-1)42-20-12-21-43(34-42)52-55-50(40-18-8-3-9-19-40)54-51(56-52)41-32-28-37(29-33-41)36-26-30-38(31-27-36)44-23-13-24-46-48(44)45-22-10-11-25-47(45)53-49(46)39-16-6-2-7-17-39/h1-38H;1-34H. The minimum Gasteiger partial charge on any atom is -0.247 e. The molecule has 0 amide bonds. The minimum absolute atomic E-state index is 0.624. The molecule has 8 nitrogen and oxygen atoms in total. The summed E-state index contributed by atoms with van der Waals surface area (Å²) in [6.07, 6.45) is 0. The van der Waals surface area contributed by atoms with Crippen molar-refractivity contribution in [2.24, 2.45) is 0 Å². The molecule has 552 valence electrons. The van der Waals surface area contributed by atoms with E-state index in [9.17, 15) is 0 Å². The Morgan fingerprint density at radius 3 is 0.644 bits per heavy atom. The average molecular weight is 1510 g/mol. The molecule has 0 aliphatic carbocycles. The van der Waals surface area contributed by atoms with Crippen molar-refractivity contribution in [3.8, 4) is 169 Å². The van der Waals surface area contributed by atoms with Gasteiger partial charge in [-0.25, -0.2) is 39.9 Å². The lowest BCUT2D eigenvalue weighted by atomic mass is 9.92. The summed E-state index contributed by atoms with van der Waals surface area (Å²) in [7, 11) is 0. The second-order valence-electron chi connectivity index (χ2n) is 29.3. The van der Waals surface area contributed by atoms with Crippen LogP contribution in [0.2, 0.25) is 0 Å². The van der Waals surface area contributed by atoms with E-state index in [1.165, 1.54) is 33.0 Å². The Morgan fingerprint density at radius 2 is 0.322 bits per heavy atom. The van der Waals surface area contributed by atoms with Crippen molar-refractivity contribution in [3.05, 3.63) is 437 Å². The zero-order valence-electron chi connectivity index (χ0n) is 64.1. The lowest BCUT2D eigenvalue weighted by molar-refractivity contribution is 1.07. The summed E-state index contributed by atoms with van der Waals surface area (Å²) in [5, 5.41) is 7.02. The Labute approximate surface area is 684 Å². The molecule has 4 heterocycles. The number of para-hydroxylation sites is 2. The van der Waals surface area contributed by atoms with Crippen LogP contribution in [0.25, 0.3) is 212 Å². The Kier molecular flexibility index (Phi) is 19.3. The summed E-state index contributed by atoms with van der Waals surface area (Å²) in [6, 6.07) is 152. The fraction of sp³-hybridized carbons (Fsp3) is 0. The summed E-state index contributed by atoms with van der Waals surface area (Å²) in [5.74, 6) is 3.79. The van der Waals surface area contributed by atoms with Crippen LogP contribution >= 0.6 is 0 Å². The van der Waals surface area contributed by atoms with Crippen LogP contribution in [0.3, 0.4) is 0 Å². The predicted octanol–water partition coefficient (Wildman–Crippen LogP) is 28.2. The highest BCUT2D eigenvalue weighted by Crippen LogP contribution is 2.43. The Bertz CT molecular complexity index is 7080. The maximum atomic E-state index is 5.15. The Morgan fingerprint density at radius 1 is 0.119 bits per heavy atom. The third kappa shape index (κ3) is 14.5. The molecule has 0 spiro atoms. The molecular weight excluding hydrogens is 1430 g/mol. The summed E-state index contributed by atoms with van der Waals surface area (Å²) in [5.41, 5.74) is 27.9. The fourth-order valence-corrected chi connectivity index (χ4v) is 15.9. The van der Waals surface area contributed by atoms with Crippen LogP contribution in [-0.2, 0) is 0 Å². The number of nitrogens with zero attached hydrogens (tertiary/aromatic N) is 8. The van der Waals surface area contributed by atoms with Crippen LogP contribution in [0.5, 0.6) is 0 Å². The SMILES string of the molecule is c1ccc(-c2ccc(-c3nc(-c4ccc(-c5ccccc5)cc4)nc(-c4ccc(-c5ccc(-c6cccc7c(-c8ccccc8)nc8ccccc8c67)cc5)cc4)n3)cc2)cc1.c1ccc(-c2cccc(-c3nc(-c4ccccc4)nc(-c4ccc(-c5ccc(-c6cccc7c(-c8ccccc8)nc8ccccc8c67)cc5)cc4)n3)c2)cc1. The minimum atomic E-state index is 0.624. The van der Waals surface area contributed by atoms with E-state index in [1.807, 2.05) is 60.7 Å². The van der Waals surface area contributed by atoms with Gasteiger partial charge in [0.1, 0.15) is 0 Å². The summed E-state index contributed by atoms with van der Waals surface area (Å²) >= 11 is 0. The molecule has 0 aliphatic heterocycles. The van der Waals surface area contributed by atoms with Gasteiger partial charge in [0.25, 0.3) is 0 Å². The van der Waals surface area contributed by atoms with Crippen molar-refractivity contribution < 1.29 is 0 Å². The van der Waals surface area contributed by atoms with E-state index < -0.39 is 0 Å². The van der Waals surface area contributed by atoms with Crippen molar-refractivity contribution in [2.75, 3.05) is 0 Å². The molecule has 0 radical (unpaired) electrons. The van der Waals surface area contributed by atoms with Crippen LogP contribution < -0.4 is 0 Å². The van der Waals surface area contributed by atoms with Crippen molar-refractivity contribution in [2.45, 2.75) is 0 Å². The first-order valence-electron chi connectivity index (χ1n) is 39.7. The molecule has 8 heteroatoms. The van der Waals surface area contributed by atoms with Gasteiger partial charge >= 0.3 is 0 Å². The van der Waals surface area contributed by atoms with Crippen LogP contribution in [0.4, 0.5) is 0 Å². The number of aromatic nitrogens is 8. The first-order valence-corrected chi connectivity index (χ1v) is 39.7. The Balaban J connectivity index is 0.000000152. The summed E-state index contributed by atoms with van der Waals surface area (Å²) in [6.45, 7) is 0. The molecule has 4 aromatic heterocycles. The van der Waals surface area contributed by atoms with Gasteiger partial charge in [0.15, 0.2) is 34.9 Å². The highest BCUT2D eigenvalue weighted by Gasteiger charge is 2.21. The van der Waals surface area contributed by atoms with E-state index in [0.29, 0.717) is 34.9 Å². The van der Waals surface area contributed by atoms with E-state index in [-0.39, 0.29) is 0 Å². The zero-order valence-corrected chi connectivity index (χ0v) is 64.1. The van der Waals surface area contributed by atoms with Gasteiger partial charge in [0, 0.05) is 76.8 Å². The largest absolute Gasteiger partial charge is 0.247 e. The second kappa shape index (κ2) is 31.9. The molecule has 17 aromatic carbocycles. The van der Waals surface area contributed by atoms with E-state index >= 15 is 0 Å². The predicted molar refractivity (Wildman–Crippen MR) is 487 cm³/mol.